The van der Waals surface area contributed by atoms with Crippen LogP contribution in [0.15, 0.2) is 10.2 Å². The zero-order chi connectivity index (χ0) is 15.2. The van der Waals surface area contributed by atoms with Crippen LogP contribution in [0.1, 0.15) is 24.8 Å². The second-order valence-electron chi connectivity index (χ2n) is 4.63. The molecule has 1 aliphatic heterocycles. The number of carbonyl (C=O) groups is 1. The van der Waals surface area contributed by atoms with Gasteiger partial charge in [0.15, 0.2) is 11.0 Å². The van der Waals surface area contributed by atoms with Gasteiger partial charge in [0, 0.05) is 13.1 Å². The highest BCUT2D eigenvalue weighted by Gasteiger charge is 2.21. The number of piperidine rings is 1. The lowest BCUT2D eigenvalue weighted by Crippen LogP contribution is -2.31. The van der Waals surface area contributed by atoms with Crippen LogP contribution in [0.2, 0.25) is 0 Å². The van der Waals surface area contributed by atoms with Crippen LogP contribution in [0.5, 0.6) is 0 Å². The molecule has 0 atom stereocenters. The molecule has 0 aliphatic carbocycles. The predicted octanol–water partition coefficient (Wildman–Crippen LogP) is 1.64. The summed E-state index contributed by atoms with van der Waals surface area (Å²) in [6.45, 7) is 1.80. The lowest BCUT2D eigenvalue weighted by Gasteiger charge is -2.28. The van der Waals surface area contributed by atoms with Gasteiger partial charge in [0.1, 0.15) is 16.7 Å². The minimum absolute atomic E-state index is 0.110. The van der Waals surface area contributed by atoms with Gasteiger partial charge in [-0.2, -0.15) is 5.26 Å². The molecule has 8 heteroatoms. The summed E-state index contributed by atoms with van der Waals surface area (Å²) in [4.78, 5) is 22.0. The summed E-state index contributed by atoms with van der Waals surface area (Å²) in [6.07, 6.45) is 5.31. The lowest BCUT2D eigenvalue weighted by atomic mass is 10.1. The van der Waals surface area contributed by atoms with Crippen LogP contribution in [0.25, 0.3) is 0 Å². The molecule has 0 radical (unpaired) electrons. The number of carbonyl (C=O) groups excluding carboxylic acids is 1. The molecule has 1 aromatic heterocycles. The first-order valence-corrected chi connectivity index (χ1v) is 8.89. The molecule has 0 aromatic carbocycles. The van der Waals surface area contributed by atoms with Crippen molar-refractivity contribution in [1.29, 1.82) is 5.26 Å². The normalized spacial score (nSPS) is 14.8. The van der Waals surface area contributed by atoms with Gasteiger partial charge in [0.05, 0.1) is 5.75 Å². The summed E-state index contributed by atoms with van der Waals surface area (Å²) in [5, 5.41) is 10.6. The van der Waals surface area contributed by atoms with Crippen molar-refractivity contribution in [2.24, 2.45) is 5.73 Å². The summed E-state index contributed by atoms with van der Waals surface area (Å²) in [5.41, 5.74) is 5.63. The molecule has 1 fully saturated rings. The predicted molar refractivity (Wildman–Crippen MR) is 84.5 cm³/mol. The highest BCUT2D eigenvalue weighted by Crippen LogP contribution is 2.31. The zero-order valence-electron chi connectivity index (χ0n) is 11.8. The topological polar surface area (TPSA) is 95.9 Å². The molecule has 2 heterocycles. The maximum atomic E-state index is 11.0. The summed E-state index contributed by atoms with van der Waals surface area (Å²) >= 11 is 2.63. The smallest absolute Gasteiger partial charge is 0.227 e. The Kier molecular flexibility index (Phi) is 5.70. The van der Waals surface area contributed by atoms with Crippen LogP contribution in [0.3, 0.4) is 0 Å². The molecule has 1 aromatic rings. The Hall–Kier alpha value is -1.46. The third-order valence-electron chi connectivity index (χ3n) is 3.14. The first-order valence-electron chi connectivity index (χ1n) is 6.68. The van der Waals surface area contributed by atoms with Gasteiger partial charge < -0.3 is 10.6 Å². The number of nitriles is 1. The number of hydrogen-bond donors (Lipinski definition) is 1. The monoisotopic (exact) mass is 323 g/mol. The molecule has 2 rings (SSSR count). The van der Waals surface area contributed by atoms with Gasteiger partial charge in [-0.1, -0.05) is 23.5 Å². The highest BCUT2D eigenvalue weighted by molar-refractivity contribution is 8.00. The number of nitrogens with zero attached hydrogens (tertiary/aromatic N) is 4. The Balaban J connectivity index is 2.39. The van der Waals surface area contributed by atoms with Crippen molar-refractivity contribution in [3.05, 3.63) is 5.56 Å². The molecule has 2 N–H and O–H groups in total. The molecule has 6 nitrogen and oxygen atoms in total. The average molecular weight is 323 g/mol. The molecule has 0 spiro atoms. The summed E-state index contributed by atoms with van der Waals surface area (Å²) in [7, 11) is 0. The van der Waals surface area contributed by atoms with Crippen LogP contribution in [0.4, 0.5) is 5.82 Å². The van der Waals surface area contributed by atoms with Crippen molar-refractivity contribution in [2.45, 2.75) is 29.4 Å². The number of aromatic nitrogens is 2. The summed E-state index contributed by atoms with van der Waals surface area (Å²) < 4.78 is 0. The molecular formula is C13H17N5OS2. The van der Waals surface area contributed by atoms with Gasteiger partial charge in [-0.25, -0.2) is 9.97 Å². The Morgan fingerprint density at radius 2 is 2.10 bits per heavy atom. The van der Waals surface area contributed by atoms with Crippen molar-refractivity contribution in [3.63, 3.8) is 0 Å². The Bertz CT molecular complexity index is 566. The van der Waals surface area contributed by atoms with E-state index in [-0.39, 0.29) is 5.75 Å². The Morgan fingerprint density at radius 1 is 1.38 bits per heavy atom. The van der Waals surface area contributed by atoms with E-state index in [9.17, 15) is 10.1 Å². The van der Waals surface area contributed by atoms with E-state index in [0.717, 1.165) is 25.9 Å². The maximum Gasteiger partial charge on any atom is 0.227 e. The zero-order valence-corrected chi connectivity index (χ0v) is 13.5. The van der Waals surface area contributed by atoms with Crippen molar-refractivity contribution in [1.82, 2.24) is 9.97 Å². The van der Waals surface area contributed by atoms with Gasteiger partial charge in [0.25, 0.3) is 0 Å². The van der Waals surface area contributed by atoms with E-state index in [2.05, 4.69) is 20.9 Å². The number of amides is 1. The SMILES string of the molecule is CSc1nc(SCC(N)=O)c(C#N)c(N2CCCCC2)n1. The molecule has 0 bridgehead atoms. The first kappa shape index (κ1) is 15.9. The van der Waals surface area contributed by atoms with E-state index < -0.39 is 5.91 Å². The van der Waals surface area contributed by atoms with E-state index in [4.69, 9.17) is 5.73 Å². The number of rotatable bonds is 5. The Labute approximate surface area is 132 Å². The molecule has 1 saturated heterocycles. The van der Waals surface area contributed by atoms with Crippen LogP contribution in [-0.2, 0) is 4.79 Å². The number of hydrogen-bond acceptors (Lipinski definition) is 7. The van der Waals surface area contributed by atoms with Crippen molar-refractivity contribution in [3.8, 4) is 6.07 Å². The van der Waals surface area contributed by atoms with E-state index >= 15 is 0 Å². The quantitative estimate of drug-likeness (QED) is 0.500. The third-order valence-corrected chi connectivity index (χ3v) is 4.68. The molecule has 0 saturated carbocycles. The van der Waals surface area contributed by atoms with E-state index in [1.54, 1.807) is 0 Å². The van der Waals surface area contributed by atoms with Crippen molar-refractivity contribution >= 4 is 35.2 Å². The van der Waals surface area contributed by atoms with Gasteiger partial charge in [-0.15, -0.1) is 0 Å². The fourth-order valence-corrected chi connectivity index (χ4v) is 3.31. The molecule has 1 aliphatic rings. The van der Waals surface area contributed by atoms with Crippen LogP contribution >= 0.6 is 23.5 Å². The minimum Gasteiger partial charge on any atom is -0.369 e. The van der Waals surface area contributed by atoms with Gasteiger partial charge >= 0.3 is 0 Å². The molecule has 112 valence electrons. The van der Waals surface area contributed by atoms with Crippen molar-refractivity contribution in [2.75, 3.05) is 30.0 Å². The Morgan fingerprint density at radius 3 is 2.67 bits per heavy atom. The number of anilines is 1. The van der Waals surface area contributed by atoms with Crippen LogP contribution in [0, 0.1) is 11.3 Å². The van der Waals surface area contributed by atoms with Crippen LogP contribution in [-0.4, -0.2) is 41.0 Å². The fraction of sp³-hybridized carbons (Fsp3) is 0.538. The largest absolute Gasteiger partial charge is 0.369 e. The second-order valence-corrected chi connectivity index (χ2v) is 6.37. The number of nitrogens with two attached hydrogens (primary N) is 1. The van der Waals surface area contributed by atoms with Gasteiger partial charge in [0.2, 0.25) is 5.91 Å². The molecule has 0 unspecified atom stereocenters. The number of primary amides is 1. The van der Waals surface area contributed by atoms with Gasteiger partial charge in [-0.05, 0) is 25.5 Å². The van der Waals surface area contributed by atoms with E-state index in [1.807, 2.05) is 6.26 Å². The van der Waals surface area contributed by atoms with Crippen LogP contribution < -0.4 is 10.6 Å². The van der Waals surface area contributed by atoms with Crippen molar-refractivity contribution < 1.29 is 4.79 Å². The standard InChI is InChI=1S/C13H17N5OS2/c1-20-13-16-11(18-5-3-2-4-6-18)9(7-14)12(17-13)21-8-10(15)19/h2-6,8H2,1H3,(H2,15,19). The lowest BCUT2D eigenvalue weighted by molar-refractivity contribution is -0.115. The summed E-state index contributed by atoms with van der Waals surface area (Å²) in [6, 6.07) is 2.19. The third kappa shape index (κ3) is 4.02. The molecule has 21 heavy (non-hydrogen) atoms. The van der Waals surface area contributed by atoms with E-state index in [1.165, 1.54) is 29.9 Å². The second kappa shape index (κ2) is 7.52. The average Bonchev–Trinajstić information content (AvgIpc) is 2.52. The fourth-order valence-electron chi connectivity index (χ4n) is 2.18. The molecule has 1 amide bonds. The number of thioether (sulfide) groups is 2. The molecular weight excluding hydrogens is 306 g/mol. The first-order chi connectivity index (χ1) is 10.2. The maximum absolute atomic E-state index is 11.0. The highest BCUT2D eigenvalue weighted by atomic mass is 32.2. The van der Waals surface area contributed by atoms with Gasteiger partial charge in [-0.3, -0.25) is 4.79 Å². The summed E-state index contributed by atoms with van der Waals surface area (Å²) in [5.74, 6) is 0.370. The minimum atomic E-state index is -0.423. The van der Waals surface area contributed by atoms with E-state index in [0.29, 0.717) is 21.6 Å².